The number of benzene rings is 1. The topological polar surface area (TPSA) is 9.23 Å². The van der Waals surface area contributed by atoms with Gasteiger partial charge in [-0.1, -0.05) is 26.0 Å². The Kier molecular flexibility index (Phi) is 2.68. The lowest BCUT2D eigenvalue weighted by molar-refractivity contribution is 0.0339. The molecule has 2 heteroatoms. The Morgan fingerprint density at radius 3 is 2.73 bits per heavy atom. The largest absolute Gasteiger partial charge is 0.484 e. The summed E-state index contributed by atoms with van der Waals surface area (Å²) < 4.78 is 19.4. The summed E-state index contributed by atoms with van der Waals surface area (Å²) in [5, 5.41) is 0. The van der Waals surface area contributed by atoms with Gasteiger partial charge in [0, 0.05) is 0 Å². The lowest BCUT2D eigenvalue weighted by Gasteiger charge is -2.37. The van der Waals surface area contributed by atoms with Crippen molar-refractivity contribution < 1.29 is 9.13 Å². The quantitative estimate of drug-likeness (QED) is 0.720. The molecule has 0 saturated carbocycles. The molecule has 1 heterocycles. The van der Waals surface area contributed by atoms with Gasteiger partial charge < -0.3 is 4.74 Å². The van der Waals surface area contributed by atoms with Crippen LogP contribution in [0.3, 0.4) is 0 Å². The van der Waals surface area contributed by atoms with E-state index in [4.69, 9.17) is 4.74 Å². The van der Waals surface area contributed by atoms with Crippen LogP contribution in [-0.4, -0.2) is 5.60 Å². The van der Waals surface area contributed by atoms with Crippen LogP contribution >= 0.6 is 0 Å². The number of hydrogen-bond donors (Lipinski definition) is 0. The third kappa shape index (κ3) is 1.73. The second kappa shape index (κ2) is 3.84. The maximum Gasteiger partial charge on any atom is 0.165 e. The highest BCUT2D eigenvalue weighted by Crippen LogP contribution is 2.38. The Morgan fingerprint density at radius 2 is 2.07 bits per heavy atom. The molecule has 0 saturated heterocycles. The molecule has 15 heavy (non-hydrogen) atoms. The summed E-state index contributed by atoms with van der Waals surface area (Å²) in [4.78, 5) is 0. The Balaban J connectivity index is 2.36. The number of halogens is 1. The van der Waals surface area contributed by atoms with E-state index >= 15 is 0 Å². The monoisotopic (exact) mass is 208 g/mol. The summed E-state index contributed by atoms with van der Waals surface area (Å²) in [6.45, 7) is 4.21. The van der Waals surface area contributed by atoms with E-state index < -0.39 is 0 Å². The van der Waals surface area contributed by atoms with Gasteiger partial charge in [-0.25, -0.2) is 4.39 Å². The Bertz CT molecular complexity index is 356. The first-order chi connectivity index (χ1) is 7.21. The SMILES string of the molecule is CCC1(CC)CCc2cccc(F)c2O1. The molecule has 0 spiro atoms. The minimum Gasteiger partial charge on any atom is -0.484 e. The summed E-state index contributed by atoms with van der Waals surface area (Å²) in [6, 6.07) is 5.18. The number of aryl methyl sites for hydroxylation is 1. The first kappa shape index (κ1) is 10.5. The van der Waals surface area contributed by atoms with Crippen molar-refractivity contribution >= 4 is 0 Å². The molecule has 0 aromatic heterocycles. The van der Waals surface area contributed by atoms with Gasteiger partial charge in [0.2, 0.25) is 0 Å². The first-order valence-corrected chi connectivity index (χ1v) is 5.67. The first-order valence-electron chi connectivity index (χ1n) is 5.67. The Labute approximate surface area is 90.3 Å². The summed E-state index contributed by atoms with van der Waals surface area (Å²) >= 11 is 0. The average molecular weight is 208 g/mol. The smallest absolute Gasteiger partial charge is 0.165 e. The molecule has 1 aliphatic heterocycles. The van der Waals surface area contributed by atoms with Gasteiger partial charge in [0.1, 0.15) is 5.60 Å². The van der Waals surface area contributed by atoms with E-state index in [2.05, 4.69) is 13.8 Å². The van der Waals surface area contributed by atoms with E-state index in [9.17, 15) is 4.39 Å². The fraction of sp³-hybridized carbons (Fsp3) is 0.538. The molecule has 2 rings (SSSR count). The van der Waals surface area contributed by atoms with Crippen molar-refractivity contribution in [3.8, 4) is 5.75 Å². The Morgan fingerprint density at radius 1 is 1.33 bits per heavy atom. The van der Waals surface area contributed by atoms with Crippen molar-refractivity contribution in [1.29, 1.82) is 0 Å². The van der Waals surface area contributed by atoms with Crippen LogP contribution in [0.4, 0.5) is 4.39 Å². The van der Waals surface area contributed by atoms with Crippen LogP contribution in [-0.2, 0) is 6.42 Å². The number of rotatable bonds is 2. The molecule has 82 valence electrons. The van der Waals surface area contributed by atoms with Crippen LogP contribution in [0, 0.1) is 5.82 Å². The predicted octanol–water partition coefficient (Wildman–Crippen LogP) is 3.71. The molecule has 0 aliphatic carbocycles. The van der Waals surface area contributed by atoms with Crippen LogP contribution in [0.1, 0.15) is 38.7 Å². The van der Waals surface area contributed by atoms with Crippen LogP contribution < -0.4 is 4.74 Å². The molecule has 0 unspecified atom stereocenters. The van der Waals surface area contributed by atoms with E-state index in [0.29, 0.717) is 5.75 Å². The average Bonchev–Trinajstić information content (AvgIpc) is 2.29. The molecule has 0 bridgehead atoms. The molecule has 0 atom stereocenters. The summed E-state index contributed by atoms with van der Waals surface area (Å²) in [5.41, 5.74) is 0.863. The van der Waals surface area contributed by atoms with Crippen LogP contribution in [0.5, 0.6) is 5.75 Å². The molecular weight excluding hydrogens is 191 g/mol. The number of ether oxygens (including phenoxy) is 1. The minimum absolute atomic E-state index is 0.144. The highest BCUT2D eigenvalue weighted by molar-refractivity contribution is 5.37. The van der Waals surface area contributed by atoms with Gasteiger partial charge in [-0.15, -0.1) is 0 Å². The zero-order chi connectivity index (χ0) is 10.9. The van der Waals surface area contributed by atoms with E-state index in [0.717, 1.165) is 31.2 Å². The molecule has 0 radical (unpaired) electrons. The van der Waals surface area contributed by atoms with Crippen molar-refractivity contribution in [3.05, 3.63) is 29.6 Å². The van der Waals surface area contributed by atoms with Crippen LogP contribution in [0.2, 0.25) is 0 Å². The second-order valence-electron chi connectivity index (χ2n) is 4.22. The molecule has 1 aliphatic rings. The van der Waals surface area contributed by atoms with Crippen molar-refractivity contribution in [2.75, 3.05) is 0 Å². The lowest BCUT2D eigenvalue weighted by Crippen LogP contribution is -2.38. The molecule has 0 fully saturated rings. The third-order valence-corrected chi connectivity index (χ3v) is 3.51. The number of para-hydroxylation sites is 1. The van der Waals surface area contributed by atoms with Gasteiger partial charge in [0.25, 0.3) is 0 Å². The van der Waals surface area contributed by atoms with Gasteiger partial charge in [-0.05, 0) is 37.3 Å². The second-order valence-corrected chi connectivity index (χ2v) is 4.22. The van der Waals surface area contributed by atoms with E-state index in [1.807, 2.05) is 6.07 Å². The predicted molar refractivity (Wildman–Crippen MR) is 58.7 cm³/mol. The molecule has 0 amide bonds. The molecule has 1 aromatic rings. The molecule has 0 N–H and O–H groups in total. The fourth-order valence-corrected chi connectivity index (χ4v) is 2.24. The highest BCUT2D eigenvalue weighted by atomic mass is 19.1. The molecular formula is C13H17FO. The lowest BCUT2D eigenvalue weighted by atomic mass is 9.87. The standard InChI is InChI=1S/C13H17FO/c1-3-13(4-2)9-8-10-6-5-7-11(14)12(10)15-13/h5-7H,3-4,8-9H2,1-2H3. The summed E-state index contributed by atoms with van der Waals surface area (Å²) in [6.07, 6.45) is 3.81. The van der Waals surface area contributed by atoms with E-state index in [1.165, 1.54) is 6.07 Å². The summed E-state index contributed by atoms with van der Waals surface area (Å²) in [7, 11) is 0. The van der Waals surface area contributed by atoms with Gasteiger partial charge in [0.05, 0.1) is 0 Å². The van der Waals surface area contributed by atoms with Gasteiger partial charge in [0.15, 0.2) is 11.6 Å². The third-order valence-electron chi connectivity index (χ3n) is 3.51. The van der Waals surface area contributed by atoms with Crippen molar-refractivity contribution in [3.63, 3.8) is 0 Å². The molecule has 1 nitrogen and oxygen atoms in total. The zero-order valence-corrected chi connectivity index (χ0v) is 9.35. The fourth-order valence-electron chi connectivity index (χ4n) is 2.24. The normalized spacial score (nSPS) is 18.1. The zero-order valence-electron chi connectivity index (χ0n) is 9.35. The van der Waals surface area contributed by atoms with Gasteiger partial charge in [-0.3, -0.25) is 0 Å². The van der Waals surface area contributed by atoms with Crippen molar-refractivity contribution in [2.24, 2.45) is 0 Å². The maximum atomic E-state index is 13.6. The van der Waals surface area contributed by atoms with Crippen molar-refractivity contribution in [2.45, 2.75) is 45.1 Å². The van der Waals surface area contributed by atoms with Crippen LogP contribution in [0.25, 0.3) is 0 Å². The number of fused-ring (bicyclic) bond motifs is 1. The minimum atomic E-state index is -0.224. The van der Waals surface area contributed by atoms with E-state index in [-0.39, 0.29) is 11.4 Å². The van der Waals surface area contributed by atoms with E-state index in [1.54, 1.807) is 6.07 Å². The molecule has 1 aromatic carbocycles. The van der Waals surface area contributed by atoms with Gasteiger partial charge in [-0.2, -0.15) is 0 Å². The van der Waals surface area contributed by atoms with Crippen LogP contribution in [0.15, 0.2) is 18.2 Å². The van der Waals surface area contributed by atoms with Gasteiger partial charge >= 0.3 is 0 Å². The number of hydrogen-bond acceptors (Lipinski definition) is 1. The maximum absolute atomic E-state index is 13.6. The van der Waals surface area contributed by atoms with Crippen molar-refractivity contribution in [1.82, 2.24) is 0 Å². The summed E-state index contributed by atoms with van der Waals surface area (Å²) in [5.74, 6) is 0.255. The highest BCUT2D eigenvalue weighted by Gasteiger charge is 2.34. The Hall–Kier alpha value is -1.05.